The maximum atomic E-state index is 13.4. The molecule has 3 aliphatic rings. The molecule has 2 fully saturated rings. The zero-order chi connectivity index (χ0) is 21.2. The molecule has 3 aliphatic heterocycles. The Morgan fingerprint density at radius 1 is 1.26 bits per heavy atom. The van der Waals surface area contributed by atoms with Gasteiger partial charge < -0.3 is 19.3 Å². The van der Waals surface area contributed by atoms with Crippen LogP contribution in [0.15, 0.2) is 29.2 Å². The quantitative estimate of drug-likeness (QED) is 0.641. The average Bonchev–Trinajstić information content (AvgIpc) is 3.44. The van der Waals surface area contributed by atoms with E-state index in [1.807, 2.05) is 4.90 Å². The number of methoxy groups -OCH3 is 1. The smallest absolute Gasteiger partial charge is 0.274 e. The van der Waals surface area contributed by atoms with Crippen LogP contribution in [0.3, 0.4) is 0 Å². The van der Waals surface area contributed by atoms with Gasteiger partial charge in [0.15, 0.2) is 5.69 Å². The van der Waals surface area contributed by atoms with E-state index in [1.165, 1.54) is 10.5 Å². The number of fused-ring (bicyclic) bond motifs is 3. The van der Waals surface area contributed by atoms with E-state index < -0.39 is 0 Å². The van der Waals surface area contributed by atoms with Gasteiger partial charge in [0.1, 0.15) is 0 Å². The Morgan fingerprint density at radius 2 is 2.10 bits per heavy atom. The highest BCUT2D eigenvalue weighted by atomic mass is 32.2. The number of rotatable bonds is 6. The van der Waals surface area contributed by atoms with Crippen LogP contribution >= 0.6 is 11.8 Å². The minimum Gasteiger partial charge on any atom is -0.385 e. The van der Waals surface area contributed by atoms with Gasteiger partial charge in [-0.2, -0.15) is 5.10 Å². The molecule has 0 bridgehead atoms. The molecule has 1 atom stereocenters. The largest absolute Gasteiger partial charge is 0.385 e. The normalized spacial score (nSPS) is 21.2. The van der Waals surface area contributed by atoms with Gasteiger partial charge in [0.05, 0.1) is 24.9 Å². The molecule has 1 aromatic carbocycles. The zero-order valence-electron chi connectivity index (χ0n) is 18.1. The molecule has 2 aromatic rings. The van der Waals surface area contributed by atoms with Crippen LogP contribution in [0.5, 0.6) is 0 Å². The second-order valence-corrected chi connectivity index (χ2v) is 9.42. The number of carbonyl (C=O) groups is 1. The minimum atomic E-state index is 0.0493. The molecule has 166 valence electrons. The highest BCUT2D eigenvalue weighted by Gasteiger charge is 2.35. The second kappa shape index (κ2) is 9.32. The highest BCUT2D eigenvalue weighted by Crippen LogP contribution is 2.44. The Bertz CT molecular complexity index is 941. The Hall–Kier alpha value is -1.87. The van der Waals surface area contributed by atoms with Gasteiger partial charge in [0, 0.05) is 68.2 Å². The van der Waals surface area contributed by atoms with E-state index in [1.54, 1.807) is 18.9 Å². The van der Waals surface area contributed by atoms with E-state index in [9.17, 15) is 4.79 Å². The lowest BCUT2D eigenvalue weighted by atomic mass is 10.0. The maximum absolute atomic E-state index is 13.4. The molecule has 5 rings (SSSR count). The summed E-state index contributed by atoms with van der Waals surface area (Å²) >= 11 is 1.81. The first-order chi connectivity index (χ1) is 15.3. The van der Waals surface area contributed by atoms with Crippen molar-refractivity contribution < 1.29 is 14.3 Å². The standard InChI is InChI=1S/C23H30N4O3S/c1-29-12-4-8-25-9-7-17(15-25)27-22-18-5-2-3-6-20(18)31-16-19(22)21(24-27)23(28)26-10-13-30-14-11-26/h2-3,5-6,17H,4,7-16H2,1H3. The zero-order valence-corrected chi connectivity index (χ0v) is 18.9. The van der Waals surface area contributed by atoms with Crippen molar-refractivity contribution in [1.82, 2.24) is 19.6 Å². The van der Waals surface area contributed by atoms with Crippen molar-refractivity contribution in [2.24, 2.45) is 0 Å². The van der Waals surface area contributed by atoms with Gasteiger partial charge in [-0.25, -0.2) is 0 Å². The SMILES string of the molecule is COCCCN1CCC(n2nc(C(=O)N3CCOCC3)c3c2-c2ccccc2SC3)C1. The lowest BCUT2D eigenvalue weighted by Gasteiger charge is -2.26. The van der Waals surface area contributed by atoms with Gasteiger partial charge in [-0.15, -0.1) is 11.8 Å². The summed E-state index contributed by atoms with van der Waals surface area (Å²) in [5, 5.41) is 5.00. The molecular formula is C23H30N4O3S. The van der Waals surface area contributed by atoms with E-state index in [0.717, 1.165) is 56.1 Å². The van der Waals surface area contributed by atoms with Crippen molar-refractivity contribution in [2.45, 2.75) is 29.5 Å². The first-order valence-electron chi connectivity index (χ1n) is 11.2. The fourth-order valence-electron chi connectivity index (χ4n) is 4.83. The molecule has 1 aromatic heterocycles. The first kappa shape index (κ1) is 21.0. The van der Waals surface area contributed by atoms with Crippen LogP contribution < -0.4 is 0 Å². The van der Waals surface area contributed by atoms with Crippen molar-refractivity contribution >= 4 is 17.7 Å². The van der Waals surface area contributed by atoms with Crippen molar-refractivity contribution in [3.63, 3.8) is 0 Å². The fourth-order valence-corrected chi connectivity index (χ4v) is 5.90. The first-order valence-corrected chi connectivity index (χ1v) is 12.2. The topological polar surface area (TPSA) is 59.8 Å². The molecule has 2 saturated heterocycles. The number of amides is 1. The van der Waals surface area contributed by atoms with Crippen LogP contribution in [0.4, 0.5) is 0 Å². The maximum Gasteiger partial charge on any atom is 0.274 e. The number of ether oxygens (including phenoxy) is 2. The van der Waals surface area contributed by atoms with E-state index in [-0.39, 0.29) is 5.91 Å². The predicted molar refractivity (Wildman–Crippen MR) is 121 cm³/mol. The van der Waals surface area contributed by atoms with Crippen molar-refractivity contribution in [2.75, 3.05) is 59.7 Å². The van der Waals surface area contributed by atoms with Gasteiger partial charge in [-0.3, -0.25) is 9.48 Å². The Kier molecular flexibility index (Phi) is 6.31. The monoisotopic (exact) mass is 442 g/mol. The molecular weight excluding hydrogens is 412 g/mol. The van der Waals surface area contributed by atoms with Gasteiger partial charge in [0.2, 0.25) is 0 Å². The fraction of sp³-hybridized carbons (Fsp3) is 0.565. The molecule has 0 saturated carbocycles. The number of carbonyl (C=O) groups excluding carboxylic acids is 1. The number of likely N-dealkylation sites (tertiary alicyclic amines) is 1. The third kappa shape index (κ3) is 4.14. The van der Waals surface area contributed by atoms with Gasteiger partial charge >= 0.3 is 0 Å². The summed E-state index contributed by atoms with van der Waals surface area (Å²) in [7, 11) is 1.76. The summed E-state index contributed by atoms with van der Waals surface area (Å²) in [6, 6.07) is 8.81. The van der Waals surface area contributed by atoms with Crippen molar-refractivity contribution in [1.29, 1.82) is 0 Å². The summed E-state index contributed by atoms with van der Waals surface area (Å²) in [6.07, 6.45) is 2.10. The molecule has 31 heavy (non-hydrogen) atoms. The molecule has 4 heterocycles. The van der Waals surface area contributed by atoms with E-state index in [4.69, 9.17) is 14.6 Å². The van der Waals surface area contributed by atoms with Crippen LogP contribution in [0, 0.1) is 0 Å². The summed E-state index contributed by atoms with van der Waals surface area (Å²) in [4.78, 5) is 19.1. The number of thioether (sulfide) groups is 1. The van der Waals surface area contributed by atoms with Crippen LogP contribution in [-0.4, -0.2) is 85.1 Å². The van der Waals surface area contributed by atoms with Gasteiger partial charge in [0.25, 0.3) is 5.91 Å². The molecule has 0 aliphatic carbocycles. The van der Waals surface area contributed by atoms with E-state index in [0.29, 0.717) is 38.0 Å². The number of aromatic nitrogens is 2. The number of morpholine rings is 1. The van der Waals surface area contributed by atoms with Crippen LogP contribution in [0.25, 0.3) is 11.3 Å². The number of nitrogens with zero attached hydrogens (tertiary/aromatic N) is 4. The van der Waals surface area contributed by atoms with Crippen LogP contribution in [-0.2, 0) is 15.2 Å². The number of benzene rings is 1. The molecule has 0 spiro atoms. The third-order valence-electron chi connectivity index (χ3n) is 6.44. The van der Waals surface area contributed by atoms with Crippen LogP contribution in [0.1, 0.15) is 34.9 Å². The van der Waals surface area contributed by atoms with E-state index >= 15 is 0 Å². The number of hydrogen-bond acceptors (Lipinski definition) is 6. The summed E-state index contributed by atoms with van der Waals surface area (Å²) in [5.41, 5.74) is 4.09. The molecule has 0 radical (unpaired) electrons. The summed E-state index contributed by atoms with van der Waals surface area (Å²) in [6.45, 7) is 6.35. The second-order valence-electron chi connectivity index (χ2n) is 8.40. The molecule has 0 N–H and O–H groups in total. The molecule has 7 nitrogen and oxygen atoms in total. The molecule has 8 heteroatoms. The summed E-state index contributed by atoms with van der Waals surface area (Å²) in [5.74, 6) is 0.843. The average molecular weight is 443 g/mol. The lowest BCUT2D eigenvalue weighted by Crippen LogP contribution is -2.41. The Morgan fingerprint density at radius 3 is 2.94 bits per heavy atom. The third-order valence-corrected chi connectivity index (χ3v) is 7.54. The predicted octanol–water partition coefficient (Wildman–Crippen LogP) is 2.91. The van der Waals surface area contributed by atoms with E-state index in [2.05, 4.69) is 33.8 Å². The Labute approximate surface area is 187 Å². The van der Waals surface area contributed by atoms with Gasteiger partial charge in [-0.1, -0.05) is 18.2 Å². The lowest BCUT2D eigenvalue weighted by molar-refractivity contribution is 0.0297. The van der Waals surface area contributed by atoms with Crippen molar-refractivity contribution in [3.8, 4) is 11.3 Å². The highest BCUT2D eigenvalue weighted by molar-refractivity contribution is 7.98. The van der Waals surface area contributed by atoms with Crippen LogP contribution in [0.2, 0.25) is 0 Å². The summed E-state index contributed by atoms with van der Waals surface area (Å²) < 4.78 is 12.8. The van der Waals surface area contributed by atoms with Crippen molar-refractivity contribution in [3.05, 3.63) is 35.5 Å². The number of hydrogen-bond donors (Lipinski definition) is 0. The minimum absolute atomic E-state index is 0.0493. The van der Waals surface area contributed by atoms with Gasteiger partial charge in [-0.05, 0) is 18.9 Å². The molecule has 1 unspecified atom stereocenters. The Balaban J connectivity index is 1.48. The molecule has 1 amide bonds.